The van der Waals surface area contributed by atoms with Gasteiger partial charge in [0.1, 0.15) is 5.75 Å². The van der Waals surface area contributed by atoms with Crippen LogP contribution in [-0.4, -0.2) is 47.8 Å². The molecule has 0 atom stereocenters. The lowest BCUT2D eigenvalue weighted by atomic mass is 10.1. The summed E-state index contributed by atoms with van der Waals surface area (Å²) in [5.41, 5.74) is 4.85. The average Bonchev–Trinajstić information content (AvgIpc) is 3.31. The number of carbonyl (C=O) groups excluding carboxylic acids is 2. The van der Waals surface area contributed by atoms with Crippen molar-refractivity contribution in [2.75, 3.05) is 19.5 Å². The fourth-order valence-corrected chi connectivity index (χ4v) is 3.46. The lowest BCUT2D eigenvalue weighted by molar-refractivity contribution is -0.118. The molecule has 1 amide bonds. The first-order chi connectivity index (χ1) is 16.6. The summed E-state index contributed by atoms with van der Waals surface area (Å²) in [5.74, 6) is 0.788. The molecule has 1 heterocycles. The number of ether oxygens (including phenoxy) is 2. The maximum atomic E-state index is 12.0. The van der Waals surface area contributed by atoms with E-state index < -0.39 is 0 Å². The molecule has 0 radical (unpaired) electrons. The van der Waals surface area contributed by atoms with E-state index in [0.717, 1.165) is 35.9 Å². The molecule has 34 heavy (non-hydrogen) atoms. The van der Waals surface area contributed by atoms with Gasteiger partial charge in [0, 0.05) is 6.42 Å². The smallest absolute Gasteiger partial charge is 0.338 e. The van der Waals surface area contributed by atoms with E-state index >= 15 is 0 Å². The number of hydrogen-bond donors (Lipinski definition) is 1. The number of methoxy groups -OCH3 is 1. The van der Waals surface area contributed by atoms with Gasteiger partial charge >= 0.3 is 5.97 Å². The molecule has 0 aliphatic heterocycles. The molecule has 9 nitrogen and oxygen atoms in total. The van der Waals surface area contributed by atoms with Gasteiger partial charge in [0.25, 0.3) is 11.1 Å². The summed E-state index contributed by atoms with van der Waals surface area (Å²) in [4.78, 5) is 23.6. The zero-order valence-electron chi connectivity index (χ0n) is 19.0. The second-order valence-electron chi connectivity index (χ2n) is 7.09. The van der Waals surface area contributed by atoms with Crippen molar-refractivity contribution in [1.29, 1.82) is 0 Å². The third-order valence-corrected chi connectivity index (χ3v) is 5.43. The van der Waals surface area contributed by atoms with E-state index in [1.807, 2.05) is 24.3 Å². The molecule has 2 aromatic carbocycles. The highest BCUT2D eigenvalue weighted by Gasteiger charge is 2.10. The summed E-state index contributed by atoms with van der Waals surface area (Å²) in [5, 5.41) is 12.3. The number of benzene rings is 2. The van der Waals surface area contributed by atoms with Crippen molar-refractivity contribution in [3.8, 4) is 5.75 Å². The number of aryl methyl sites for hydroxylation is 2. The highest BCUT2D eigenvalue weighted by atomic mass is 32.2. The molecular weight excluding hydrogens is 456 g/mol. The van der Waals surface area contributed by atoms with E-state index in [1.54, 1.807) is 38.3 Å². The SMILES string of the molecule is CCOC(=O)c1ccc(C=NNC(=O)CSc2nnc(CCCc3ccc(OC)cc3)o2)cc1. The molecular formula is C24H26N4O5S. The van der Waals surface area contributed by atoms with Gasteiger partial charge in [-0.2, -0.15) is 5.10 Å². The van der Waals surface area contributed by atoms with Crippen LogP contribution in [0.1, 0.15) is 40.7 Å². The van der Waals surface area contributed by atoms with Gasteiger partial charge in [0.2, 0.25) is 5.89 Å². The summed E-state index contributed by atoms with van der Waals surface area (Å²) in [6.07, 6.45) is 3.91. The van der Waals surface area contributed by atoms with Gasteiger partial charge in [0.15, 0.2) is 0 Å². The molecule has 178 valence electrons. The average molecular weight is 483 g/mol. The van der Waals surface area contributed by atoms with Crippen LogP contribution in [-0.2, 0) is 22.4 Å². The van der Waals surface area contributed by atoms with Gasteiger partial charge in [-0.1, -0.05) is 36.0 Å². The third-order valence-electron chi connectivity index (χ3n) is 4.61. The summed E-state index contributed by atoms with van der Waals surface area (Å²) in [6.45, 7) is 2.07. The molecule has 1 aromatic heterocycles. The Bertz CT molecular complexity index is 1100. The van der Waals surface area contributed by atoms with Gasteiger partial charge in [0.05, 0.1) is 31.2 Å². The van der Waals surface area contributed by atoms with Crippen LogP contribution in [0.25, 0.3) is 0 Å². The van der Waals surface area contributed by atoms with Crippen molar-refractivity contribution >= 4 is 29.9 Å². The quantitative estimate of drug-likeness (QED) is 0.180. The minimum absolute atomic E-state index is 0.0899. The number of rotatable bonds is 12. The van der Waals surface area contributed by atoms with Crippen molar-refractivity contribution in [1.82, 2.24) is 15.6 Å². The van der Waals surface area contributed by atoms with Crippen molar-refractivity contribution < 1.29 is 23.5 Å². The van der Waals surface area contributed by atoms with E-state index in [-0.39, 0.29) is 17.6 Å². The molecule has 0 saturated heterocycles. The number of nitrogens with zero attached hydrogens (tertiary/aromatic N) is 3. The number of hydrogen-bond acceptors (Lipinski definition) is 9. The van der Waals surface area contributed by atoms with Crippen LogP contribution in [0.2, 0.25) is 0 Å². The predicted molar refractivity (Wildman–Crippen MR) is 128 cm³/mol. The lowest BCUT2D eigenvalue weighted by Crippen LogP contribution is -2.19. The first-order valence-electron chi connectivity index (χ1n) is 10.7. The minimum atomic E-state index is -0.377. The number of thioether (sulfide) groups is 1. The van der Waals surface area contributed by atoms with E-state index in [9.17, 15) is 9.59 Å². The monoisotopic (exact) mass is 482 g/mol. The molecule has 3 aromatic rings. The summed E-state index contributed by atoms with van der Waals surface area (Å²) < 4.78 is 15.7. The molecule has 1 N–H and O–H groups in total. The predicted octanol–water partition coefficient (Wildman–Crippen LogP) is 3.67. The molecule has 0 saturated carbocycles. The Morgan fingerprint density at radius 1 is 1.09 bits per heavy atom. The van der Waals surface area contributed by atoms with Gasteiger partial charge in [-0.15, -0.1) is 10.2 Å². The Morgan fingerprint density at radius 3 is 2.56 bits per heavy atom. The standard InChI is InChI=1S/C24H26N4O5S/c1-3-32-23(30)19-11-7-18(8-12-19)15-25-26-21(29)16-34-24-28-27-22(33-24)6-4-5-17-9-13-20(31-2)14-10-17/h7-15H,3-6,16H2,1-2H3,(H,26,29). The van der Waals surface area contributed by atoms with Crippen molar-refractivity contribution in [2.24, 2.45) is 5.10 Å². The largest absolute Gasteiger partial charge is 0.497 e. The zero-order chi connectivity index (χ0) is 24.2. The Morgan fingerprint density at radius 2 is 1.85 bits per heavy atom. The number of amides is 1. The van der Waals surface area contributed by atoms with Gasteiger partial charge < -0.3 is 13.9 Å². The van der Waals surface area contributed by atoms with Crippen LogP contribution in [0.5, 0.6) is 5.75 Å². The van der Waals surface area contributed by atoms with Crippen LogP contribution >= 0.6 is 11.8 Å². The summed E-state index contributed by atoms with van der Waals surface area (Å²) in [7, 11) is 1.65. The molecule has 0 spiro atoms. The van der Waals surface area contributed by atoms with Crippen LogP contribution in [0.15, 0.2) is 63.3 Å². The second kappa shape index (κ2) is 13.1. The topological polar surface area (TPSA) is 116 Å². The lowest BCUT2D eigenvalue weighted by Gasteiger charge is -2.02. The molecule has 0 aliphatic rings. The van der Waals surface area contributed by atoms with Gasteiger partial charge in [-0.05, 0) is 55.2 Å². The number of carbonyl (C=O) groups is 2. The van der Waals surface area contributed by atoms with E-state index in [4.69, 9.17) is 13.9 Å². The first kappa shape index (κ1) is 25.0. The van der Waals surface area contributed by atoms with E-state index in [0.29, 0.717) is 29.7 Å². The van der Waals surface area contributed by atoms with Gasteiger partial charge in [-0.3, -0.25) is 4.79 Å². The van der Waals surface area contributed by atoms with Crippen molar-refractivity contribution in [2.45, 2.75) is 31.4 Å². The Hall–Kier alpha value is -3.66. The number of aromatic nitrogens is 2. The molecule has 0 unspecified atom stereocenters. The molecule has 3 rings (SSSR count). The number of hydrazone groups is 1. The molecule has 0 bridgehead atoms. The number of nitrogens with one attached hydrogen (secondary N) is 1. The fourth-order valence-electron chi connectivity index (χ4n) is 2.89. The second-order valence-corrected chi connectivity index (χ2v) is 8.01. The maximum Gasteiger partial charge on any atom is 0.338 e. The zero-order valence-corrected chi connectivity index (χ0v) is 19.8. The van der Waals surface area contributed by atoms with Crippen LogP contribution < -0.4 is 10.2 Å². The summed E-state index contributed by atoms with van der Waals surface area (Å²) >= 11 is 1.15. The molecule has 10 heteroatoms. The van der Waals surface area contributed by atoms with Crippen LogP contribution in [0.4, 0.5) is 0 Å². The van der Waals surface area contributed by atoms with Gasteiger partial charge in [-0.25, -0.2) is 10.2 Å². The normalized spacial score (nSPS) is 10.9. The third kappa shape index (κ3) is 8.04. The summed E-state index contributed by atoms with van der Waals surface area (Å²) in [6, 6.07) is 14.7. The Labute approximate surface area is 201 Å². The first-order valence-corrected chi connectivity index (χ1v) is 11.7. The Balaban J connectivity index is 1.36. The van der Waals surface area contributed by atoms with Crippen molar-refractivity contribution in [3.63, 3.8) is 0 Å². The maximum absolute atomic E-state index is 12.0. The molecule has 0 aliphatic carbocycles. The van der Waals surface area contributed by atoms with E-state index in [2.05, 4.69) is 20.7 Å². The fraction of sp³-hybridized carbons (Fsp3) is 0.292. The van der Waals surface area contributed by atoms with E-state index in [1.165, 1.54) is 11.8 Å². The molecule has 0 fully saturated rings. The highest BCUT2D eigenvalue weighted by Crippen LogP contribution is 2.18. The van der Waals surface area contributed by atoms with Crippen molar-refractivity contribution in [3.05, 3.63) is 71.1 Å². The van der Waals surface area contributed by atoms with Crippen LogP contribution in [0.3, 0.4) is 0 Å². The minimum Gasteiger partial charge on any atom is -0.497 e. The highest BCUT2D eigenvalue weighted by molar-refractivity contribution is 7.99. The number of esters is 1. The Kier molecular flexibility index (Phi) is 9.65. The van der Waals surface area contributed by atoms with Crippen LogP contribution in [0, 0.1) is 0 Å².